The molecule has 0 spiro atoms. The Hall–Kier alpha value is 1.79. The summed E-state index contributed by atoms with van der Waals surface area (Å²) in [5, 5.41) is 0. The predicted octanol–water partition coefficient (Wildman–Crippen LogP) is -2.51. The Morgan fingerprint density at radius 1 is 1.73 bits per heavy atom. The molecule has 0 aromatic heterocycles. The normalized spacial score (nSPS) is 10.1. The number of thioether (sulfide) groups is 1. The van der Waals surface area contributed by atoms with Gasteiger partial charge in [-0.3, -0.25) is 4.55 Å². The molecule has 0 radical (unpaired) electrons. The van der Waals surface area contributed by atoms with E-state index in [-0.39, 0.29) is 57.1 Å². The van der Waals surface area contributed by atoms with Crippen molar-refractivity contribution in [3.8, 4) is 0 Å². The molecule has 0 amide bonds. The largest absolute Gasteiger partial charge is 1.00 e. The van der Waals surface area contributed by atoms with Gasteiger partial charge in [0.2, 0.25) is 0 Å². The molecule has 0 aromatic carbocycles. The van der Waals surface area contributed by atoms with Crippen molar-refractivity contribution in [1.82, 2.24) is 4.31 Å². The van der Waals surface area contributed by atoms with Gasteiger partial charge in [-0.2, -0.15) is 8.42 Å². The number of thiocarbonyl (C=S) groups is 1. The van der Waals surface area contributed by atoms with E-state index in [2.05, 4.69) is 12.2 Å². The van der Waals surface area contributed by atoms with Gasteiger partial charge in [-0.1, -0.05) is 24.0 Å². The van der Waals surface area contributed by atoms with Crippen molar-refractivity contribution < 1.29 is 65.8 Å². The standard InChI is InChI=1S/C3H7NO3S3.K.H/c1-4(3(8)9-2)10(5,6)7;;/h1-2H3,(H,5,6,7);;/q;+1;-1. The van der Waals surface area contributed by atoms with E-state index in [4.69, 9.17) is 4.55 Å². The third kappa shape index (κ3) is 5.94. The Balaban J connectivity index is -0.000000405. The summed E-state index contributed by atoms with van der Waals surface area (Å²) >= 11 is 5.65. The van der Waals surface area contributed by atoms with E-state index < -0.39 is 10.3 Å². The topological polar surface area (TPSA) is 57.6 Å². The minimum absolute atomic E-state index is 0. The van der Waals surface area contributed by atoms with Crippen LogP contribution in [0, 0.1) is 0 Å². The van der Waals surface area contributed by atoms with Gasteiger partial charge >= 0.3 is 61.7 Å². The van der Waals surface area contributed by atoms with Crippen LogP contribution in [0.2, 0.25) is 0 Å². The van der Waals surface area contributed by atoms with Crippen molar-refractivity contribution >= 4 is 38.6 Å². The number of nitrogens with zero attached hydrogens (tertiary/aromatic N) is 1. The van der Waals surface area contributed by atoms with E-state index >= 15 is 0 Å². The Morgan fingerprint density at radius 2 is 2.09 bits per heavy atom. The summed E-state index contributed by atoms with van der Waals surface area (Å²) < 4.78 is 29.8. The number of rotatable bonds is 1. The second kappa shape index (κ2) is 6.27. The third-order valence-electron chi connectivity index (χ3n) is 0.778. The molecule has 0 aliphatic carbocycles. The van der Waals surface area contributed by atoms with Gasteiger partial charge < -0.3 is 1.43 Å². The molecule has 1 N–H and O–H groups in total. The van der Waals surface area contributed by atoms with E-state index in [9.17, 15) is 8.42 Å². The fraction of sp³-hybridized carbons (Fsp3) is 0.667. The molecule has 0 saturated heterocycles. The van der Waals surface area contributed by atoms with Gasteiger partial charge in [0.05, 0.1) is 0 Å². The molecule has 0 atom stereocenters. The molecule has 0 rings (SSSR count). The predicted molar refractivity (Wildman–Crippen MR) is 46.5 cm³/mol. The van der Waals surface area contributed by atoms with Crippen LogP contribution in [0.15, 0.2) is 0 Å². The molecule has 0 heterocycles. The van der Waals surface area contributed by atoms with E-state index in [1.165, 1.54) is 7.05 Å². The van der Waals surface area contributed by atoms with Crippen molar-refractivity contribution in [2.24, 2.45) is 0 Å². The van der Waals surface area contributed by atoms with E-state index in [0.717, 1.165) is 11.8 Å². The van der Waals surface area contributed by atoms with Gasteiger partial charge in [0.1, 0.15) is 0 Å². The van der Waals surface area contributed by atoms with Crippen LogP contribution in [0.25, 0.3) is 0 Å². The van der Waals surface area contributed by atoms with Crippen LogP contribution in [0.1, 0.15) is 1.43 Å². The molecule has 11 heavy (non-hydrogen) atoms. The second-order valence-electron chi connectivity index (χ2n) is 1.42. The Kier molecular flexibility index (Phi) is 8.71. The van der Waals surface area contributed by atoms with Crippen LogP contribution in [0.5, 0.6) is 0 Å². The molecule has 0 aliphatic heterocycles. The minimum Gasteiger partial charge on any atom is -1.00 e. The van der Waals surface area contributed by atoms with Gasteiger partial charge in [-0.15, -0.1) is 0 Å². The van der Waals surface area contributed by atoms with E-state index in [1.54, 1.807) is 6.26 Å². The Morgan fingerprint density at radius 3 is 2.18 bits per heavy atom. The first kappa shape index (κ1) is 15.3. The van der Waals surface area contributed by atoms with Crippen molar-refractivity contribution in [2.45, 2.75) is 0 Å². The second-order valence-corrected chi connectivity index (χ2v) is 4.30. The summed E-state index contributed by atoms with van der Waals surface area (Å²) in [7, 11) is -2.95. The molecular weight excluding hydrogens is 233 g/mol. The summed E-state index contributed by atoms with van der Waals surface area (Å²) in [4.78, 5) is 0. The van der Waals surface area contributed by atoms with Crippen LogP contribution in [0.3, 0.4) is 0 Å². The first-order valence-electron chi connectivity index (χ1n) is 2.19. The summed E-state index contributed by atoms with van der Waals surface area (Å²) in [5.41, 5.74) is 0. The van der Waals surface area contributed by atoms with Gasteiger partial charge in [0.15, 0.2) is 4.32 Å². The van der Waals surface area contributed by atoms with Crippen LogP contribution in [-0.2, 0) is 10.3 Å². The Labute approximate surface area is 120 Å². The first-order valence-corrected chi connectivity index (χ1v) is 5.22. The molecule has 0 unspecified atom stereocenters. The fourth-order valence-corrected chi connectivity index (χ4v) is 1.46. The zero-order valence-corrected chi connectivity index (χ0v) is 12.0. The molecule has 0 saturated carbocycles. The van der Waals surface area contributed by atoms with Gasteiger partial charge in [0, 0.05) is 7.05 Å². The van der Waals surface area contributed by atoms with Gasteiger partial charge in [0.25, 0.3) is 0 Å². The SMILES string of the molecule is CSC(=S)N(C)S(=O)(=O)O.[H-].[K+]. The molecule has 8 heteroatoms. The van der Waals surface area contributed by atoms with E-state index in [1.807, 2.05) is 0 Å². The molecule has 0 aliphatic rings. The van der Waals surface area contributed by atoms with Crippen molar-refractivity contribution in [1.29, 1.82) is 0 Å². The van der Waals surface area contributed by atoms with E-state index in [0.29, 0.717) is 4.31 Å². The van der Waals surface area contributed by atoms with Crippen LogP contribution < -0.4 is 51.4 Å². The molecule has 0 aromatic rings. The molecule has 4 nitrogen and oxygen atoms in total. The minimum atomic E-state index is -4.14. The Bertz CT molecular complexity index is 231. The first-order chi connectivity index (χ1) is 4.39. The average Bonchev–Trinajstić information content (AvgIpc) is 1.83. The monoisotopic (exact) mass is 241 g/mol. The maximum absolute atomic E-state index is 10.3. The van der Waals surface area contributed by atoms with Crippen LogP contribution in [0.4, 0.5) is 0 Å². The fourth-order valence-electron chi connectivity index (χ4n) is 0.223. The average molecular weight is 241 g/mol. The quantitative estimate of drug-likeness (QED) is 0.312. The van der Waals surface area contributed by atoms with Crippen LogP contribution >= 0.6 is 24.0 Å². The summed E-state index contributed by atoms with van der Waals surface area (Å²) in [6.45, 7) is 0. The smallest absolute Gasteiger partial charge is 1.00 e. The van der Waals surface area contributed by atoms with Crippen molar-refractivity contribution in [3.05, 3.63) is 0 Å². The molecular formula is C3H8KNO3S3. The van der Waals surface area contributed by atoms with Crippen molar-refractivity contribution in [3.63, 3.8) is 0 Å². The van der Waals surface area contributed by atoms with Crippen molar-refractivity contribution in [2.75, 3.05) is 13.3 Å². The number of hydrogen-bond donors (Lipinski definition) is 1. The molecule has 62 valence electrons. The molecule has 0 bridgehead atoms. The third-order valence-corrected chi connectivity index (χ3v) is 3.28. The number of hydrogen-bond acceptors (Lipinski definition) is 4. The van der Waals surface area contributed by atoms with Gasteiger partial charge in [-0.25, -0.2) is 4.31 Å². The van der Waals surface area contributed by atoms with Gasteiger partial charge in [-0.05, 0) is 6.26 Å². The maximum Gasteiger partial charge on any atom is 1.00 e. The summed E-state index contributed by atoms with van der Waals surface area (Å²) in [5.74, 6) is 0. The molecule has 0 fully saturated rings. The summed E-state index contributed by atoms with van der Waals surface area (Å²) in [6.07, 6.45) is 1.63. The van der Waals surface area contributed by atoms with Crippen LogP contribution in [-0.4, -0.2) is 34.9 Å². The summed E-state index contributed by atoms with van der Waals surface area (Å²) in [6, 6.07) is 0. The zero-order chi connectivity index (χ0) is 8.36. The maximum atomic E-state index is 10.3. The zero-order valence-electron chi connectivity index (χ0n) is 7.44.